The Bertz CT molecular complexity index is 1450. The van der Waals surface area contributed by atoms with E-state index in [0.29, 0.717) is 0 Å². The van der Waals surface area contributed by atoms with Crippen molar-refractivity contribution < 1.29 is 17.4 Å². The summed E-state index contributed by atoms with van der Waals surface area (Å²) in [7, 11) is 0. The van der Waals surface area contributed by atoms with Gasteiger partial charge in [-0.15, -0.1) is 124 Å². The Morgan fingerprint density at radius 1 is 0.231 bits per heavy atom. The van der Waals surface area contributed by atoms with Crippen LogP contribution in [0.5, 0.6) is 0 Å². The van der Waals surface area contributed by atoms with Crippen LogP contribution in [0.1, 0.15) is 95.7 Å². The normalized spacial score (nSPS) is 11.0. The van der Waals surface area contributed by atoms with Gasteiger partial charge in [-0.2, -0.15) is 0 Å². The van der Waals surface area contributed by atoms with Gasteiger partial charge in [0.2, 0.25) is 0 Å². The van der Waals surface area contributed by atoms with Gasteiger partial charge >= 0.3 is 17.4 Å². The van der Waals surface area contributed by atoms with Gasteiger partial charge in [-0.1, -0.05) is 172 Å². The molecule has 0 aliphatic heterocycles. The second-order valence-corrected chi connectivity index (χ2v) is 16.1. The fourth-order valence-corrected chi connectivity index (χ4v) is 6.73. The molecule has 0 amide bonds. The first kappa shape index (κ1) is 41.9. The third kappa shape index (κ3) is 12.3. The predicted molar refractivity (Wildman–Crippen MR) is 221 cm³/mol. The third-order valence-corrected chi connectivity index (χ3v) is 8.62. The molecule has 0 saturated heterocycles. The first-order valence-electron chi connectivity index (χ1n) is 18.2. The van der Waals surface area contributed by atoms with Crippen molar-refractivity contribution >= 4 is 0 Å². The molecule has 6 aromatic carbocycles. The molecule has 0 aliphatic rings. The van der Waals surface area contributed by atoms with Crippen LogP contribution in [-0.4, -0.2) is 0 Å². The molecule has 0 saturated carbocycles. The van der Waals surface area contributed by atoms with Gasteiger partial charge in [-0.25, -0.2) is 0 Å². The Labute approximate surface area is 327 Å². The van der Waals surface area contributed by atoms with Crippen LogP contribution in [0.15, 0.2) is 182 Å². The molecule has 0 N–H and O–H groups in total. The fourth-order valence-electron chi connectivity index (χ4n) is 6.73. The summed E-state index contributed by atoms with van der Waals surface area (Å²) in [5, 5.41) is 0. The molecule has 0 aliphatic carbocycles. The molecule has 0 atom stereocenters. The Morgan fingerprint density at radius 2 is 0.346 bits per heavy atom. The summed E-state index contributed by atoms with van der Waals surface area (Å²) in [4.78, 5) is 0. The fraction of sp³-hybridized carbons (Fsp3) is 0.235. The maximum atomic E-state index is 2.27. The molecule has 0 heterocycles. The Hall–Kier alpha value is -4.54. The molecule has 52 heavy (non-hydrogen) atoms. The van der Waals surface area contributed by atoms with Crippen molar-refractivity contribution in [3.8, 4) is 0 Å². The summed E-state index contributed by atoms with van der Waals surface area (Å²) in [5.41, 5.74) is 8.29. The van der Waals surface area contributed by atoms with Gasteiger partial charge in [0.1, 0.15) is 0 Å². The number of hydrogen-bond donors (Lipinski definition) is 0. The molecular formula is C51H57Cr. The molecule has 1 heteroatoms. The van der Waals surface area contributed by atoms with Crippen LogP contribution in [0.4, 0.5) is 0 Å². The molecule has 0 fully saturated rings. The standard InChI is InChI=1S/3C17H19.Cr/c3*1-17(2,3)16(14-10-6-4-7-11-14)15-12-8-5-9-13-15;/h3*4-13H,1-3H3;/q3*-1;+3. The van der Waals surface area contributed by atoms with Gasteiger partial charge in [0.05, 0.1) is 0 Å². The maximum Gasteiger partial charge on any atom is 3.00 e. The summed E-state index contributed by atoms with van der Waals surface area (Å²) in [6.07, 6.45) is 0. The minimum absolute atomic E-state index is 0. The summed E-state index contributed by atoms with van der Waals surface area (Å²) in [6, 6.07) is 63.9. The summed E-state index contributed by atoms with van der Waals surface area (Å²) in [5.74, 6) is 4.20. The Balaban J connectivity index is 0.000000208. The Kier molecular flexibility index (Phi) is 15.6. The molecular weight excluding hydrogens is 665 g/mol. The van der Waals surface area contributed by atoms with Crippen LogP contribution < -0.4 is 0 Å². The third-order valence-electron chi connectivity index (χ3n) is 8.62. The molecule has 6 aromatic rings. The largest absolute Gasteiger partial charge is 3.00 e. The van der Waals surface area contributed by atoms with Gasteiger partial charge in [0, 0.05) is 0 Å². The van der Waals surface area contributed by atoms with Crippen LogP contribution in [-0.2, 0) is 17.4 Å². The van der Waals surface area contributed by atoms with E-state index < -0.39 is 0 Å². The molecule has 0 aromatic heterocycles. The van der Waals surface area contributed by atoms with Crippen LogP contribution in [0, 0.1) is 34.0 Å². The van der Waals surface area contributed by atoms with Crippen molar-refractivity contribution in [2.45, 2.75) is 62.3 Å². The average Bonchev–Trinajstić information content (AvgIpc) is 3.10. The first-order valence-corrected chi connectivity index (χ1v) is 18.2. The second kappa shape index (κ2) is 19.3. The Morgan fingerprint density at radius 3 is 0.442 bits per heavy atom. The van der Waals surface area contributed by atoms with Gasteiger partial charge in [0.15, 0.2) is 0 Å². The van der Waals surface area contributed by atoms with Crippen molar-refractivity contribution in [1.82, 2.24) is 0 Å². The molecule has 0 spiro atoms. The van der Waals surface area contributed by atoms with Gasteiger partial charge < -0.3 is 0 Å². The van der Waals surface area contributed by atoms with Crippen molar-refractivity contribution in [3.63, 3.8) is 0 Å². The van der Waals surface area contributed by atoms with Gasteiger partial charge in [0.25, 0.3) is 0 Å². The van der Waals surface area contributed by atoms with Crippen LogP contribution >= 0.6 is 0 Å². The maximum absolute atomic E-state index is 2.27. The topological polar surface area (TPSA) is 0 Å². The molecule has 0 nitrogen and oxygen atoms in total. The van der Waals surface area contributed by atoms with Gasteiger partial charge in [-0.05, 0) is 16.2 Å². The van der Waals surface area contributed by atoms with Crippen molar-refractivity contribution in [1.29, 1.82) is 0 Å². The first-order chi connectivity index (χ1) is 24.3. The second-order valence-electron chi connectivity index (χ2n) is 16.1. The van der Waals surface area contributed by atoms with Crippen molar-refractivity contribution in [2.24, 2.45) is 16.2 Å². The molecule has 1 radical (unpaired) electrons. The SMILES string of the molecule is CC(C)(C)[C-](c1ccccc1)c1ccccc1.CC(C)(C)[C-](c1ccccc1)c1ccccc1.CC(C)(C)[C-](c1ccccc1)c1ccccc1.[Cr+3]. The molecule has 0 bridgehead atoms. The summed E-state index contributed by atoms with van der Waals surface area (Å²) >= 11 is 0. The van der Waals surface area contributed by atoms with E-state index in [1.54, 1.807) is 0 Å². The van der Waals surface area contributed by atoms with Crippen LogP contribution in [0.2, 0.25) is 0 Å². The molecule has 267 valence electrons. The summed E-state index contributed by atoms with van der Waals surface area (Å²) < 4.78 is 0. The van der Waals surface area contributed by atoms with E-state index in [1.807, 2.05) is 0 Å². The zero-order valence-corrected chi connectivity index (χ0v) is 34.0. The average molecular weight is 722 g/mol. The van der Waals surface area contributed by atoms with Crippen LogP contribution in [0.25, 0.3) is 0 Å². The zero-order chi connectivity index (χ0) is 36.9. The number of rotatable bonds is 6. The molecule has 6 rings (SSSR count). The van der Waals surface area contributed by atoms with E-state index in [9.17, 15) is 0 Å². The number of benzene rings is 6. The quantitative estimate of drug-likeness (QED) is 0.150. The smallest absolute Gasteiger partial charge is 0.120 e. The number of hydrogen-bond acceptors (Lipinski definition) is 0. The van der Waals surface area contributed by atoms with Crippen molar-refractivity contribution in [3.05, 3.63) is 233 Å². The van der Waals surface area contributed by atoms with E-state index in [4.69, 9.17) is 0 Å². The van der Waals surface area contributed by atoms with Crippen LogP contribution in [0.3, 0.4) is 0 Å². The minimum atomic E-state index is 0. The van der Waals surface area contributed by atoms with E-state index in [-0.39, 0.29) is 33.6 Å². The van der Waals surface area contributed by atoms with E-state index in [2.05, 4.69) is 244 Å². The predicted octanol–water partition coefficient (Wildman–Crippen LogP) is 14.1. The van der Waals surface area contributed by atoms with E-state index in [0.717, 1.165) is 0 Å². The van der Waals surface area contributed by atoms with Gasteiger partial charge in [-0.3, -0.25) is 0 Å². The monoisotopic (exact) mass is 721 g/mol. The minimum Gasteiger partial charge on any atom is -0.120 e. The summed E-state index contributed by atoms with van der Waals surface area (Å²) in [6.45, 7) is 20.4. The van der Waals surface area contributed by atoms with Crippen molar-refractivity contribution in [2.75, 3.05) is 0 Å². The van der Waals surface area contributed by atoms with E-state index in [1.165, 1.54) is 51.1 Å². The molecule has 0 unspecified atom stereocenters. The zero-order valence-electron chi connectivity index (χ0n) is 32.7. The van der Waals surface area contributed by atoms with E-state index >= 15 is 0 Å².